The van der Waals surface area contributed by atoms with Gasteiger partial charge in [0.1, 0.15) is 23.9 Å². The van der Waals surface area contributed by atoms with Gasteiger partial charge in [0.15, 0.2) is 0 Å². The monoisotopic (exact) mass is 523 g/mol. The van der Waals surface area contributed by atoms with E-state index in [0.29, 0.717) is 12.0 Å². The van der Waals surface area contributed by atoms with Gasteiger partial charge in [-0.15, -0.1) is 0 Å². The van der Waals surface area contributed by atoms with Gasteiger partial charge in [0.25, 0.3) is 0 Å². The van der Waals surface area contributed by atoms with Crippen LogP contribution in [0.3, 0.4) is 0 Å². The molecule has 0 aromatic heterocycles. The van der Waals surface area contributed by atoms with Crippen molar-refractivity contribution in [1.82, 2.24) is 16.0 Å². The number of aliphatic carboxylic acids is 2. The highest BCUT2D eigenvalue weighted by Gasteiger charge is 2.33. The fourth-order valence-electron chi connectivity index (χ4n) is 3.26. The summed E-state index contributed by atoms with van der Waals surface area (Å²) < 4.78 is 0. The zero-order valence-electron chi connectivity index (χ0n) is 20.5. The molecular formula is C23H33N5O9. The van der Waals surface area contributed by atoms with Gasteiger partial charge in [0.2, 0.25) is 23.6 Å². The summed E-state index contributed by atoms with van der Waals surface area (Å²) >= 11 is 0. The van der Waals surface area contributed by atoms with Crippen LogP contribution in [0, 0.1) is 5.92 Å². The fourth-order valence-corrected chi connectivity index (χ4v) is 3.26. The van der Waals surface area contributed by atoms with Crippen LogP contribution in [0.15, 0.2) is 24.3 Å². The molecule has 0 fully saturated rings. The van der Waals surface area contributed by atoms with Crippen LogP contribution in [0.1, 0.15) is 38.7 Å². The Morgan fingerprint density at radius 2 is 1.43 bits per heavy atom. The predicted molar refractivity (Wildman–Crippen MR) is 129 cm³/mol. The maximum atomic E-state index is 13.0. The first-order chi connectivity index (χ1) is 17.2. The minimum absolute atomic E-state index is 0.0132. The average Bonchev–Trinajstić information content (AvgIpc) is 2.81. The Morgan fingerprint density at radius 3 is 1.92 bits per heavy atom. The second-order valence-corrected chi connectivity index (χ2v) is 8.58. The molecule has 5 atom stereocenters. The van der Waals surface area contributed by atoms with Gasteiger partial charge >= 0.3 is 11.9 Å². The molecule has 0 saturated heterocycles. The Morgan fingerprint density at radius 1 is 0.865 bits per heavy atom. The first-order valence-corrected chi connectivity index (χ1v) is 11.4. The van der Waals surface area contributed by atoms with E-state index in [4.69, 9.17) is 16.6 Å². The first-order valence-electron chi connectivity index (χ1n) is 11.4. The van der Waals surface area contributed by atoms with Crippen molar-refractivity contribution >= 4 is 35.6 Å². The lowest BCUT2D eigenvalue weighted by Gasteiger charge is -2.27. The summed E-state index contributed by atoms with van der Waals surface area (Å²) in [7, 11) is 0. The molecule has 4 amide bonds. The molecule has 0 heterocycles. The second-order valence-electron chi connectivity index (χ2n) is 8.58. The van der Waals surface area contributed by atoms with E-state index in [0.717, 1.165) is 0 Å². The number of hydrogen-bond acceptors (Lipinski definition) is 8. The molecule has 37 heavy (non-hydrogen) atoms. The first kappa shape index (κ1) is 30.8. The number of amides is 4. The lowest BCUT2D eigenvalue weighted by Crippen LogP contribution is -2.59. The highest BCUT2D eigenvalue weighted by Crippen LogP contribution is 2.13. The number of phenols is 1. The zero-order valence-corrected chi connectivity index (χ0v) is 20.5. The van der Waals surface area contributed by atoms with Crippen molar-refractivity contribution in [3.63, 3.8) is 0 Å². The molecule has 0 radical (unpaired) electrons. The summed E-state index contributed by atoms with van der Waals surface area (Å²) in [6.07, 6.45) is -1.11. The van der Waals surface area contributed by atoms with Crippen LogP contribution >= 0.6 is 0 Å². The molecule has 14 heteroatoms. The predicted octanol–water partition coefficient (Wildman–Crippen LogP) is -1.80. The van der Waals surface area contributed by atoms with Gasteiger partial charge in [-0.25, -0.2) is 4.79 Å². The standard InChI is InChI=1S/C23H33N5O9/c1-3-11(2)19(22(35)27-16(23(36)37)8-12-4-6-13(29)7-5-12)28-21(34)15(10-17(25)30)26-20(33)14(24)9-18(31)32/h4-7,11,14-16,19,29H,3,8-10,24H2,1-2H3,(H2,25,30)(H,26,33)(H,27,35)(H,28,34)(H,31,32)(H,36,37)/t11-,14-,15-,16-,19-/m0/s1. The van der Waals surface area contributed by atoms with E-state index >= 15 is 0 Å². The molecule has 0 spiro atoms. The number of carboxylic acids is 2. The molecular weight excluding hydrogens is 490 g/mol. The largest absolute Gasteiger partial charge is 0.508 e. The molecule has 0 aliphatic rings. The molecule has 0 aliphatic heterocycles. The number of carboxylic acid groups (broad SMARTS) is 2. The van der Waals surface area contributed by atoms with Crippen molar-refractivity contribution in [3.05, 3.63) is 29.8 Å². The normalized spacial score (nSPS) is 14.8. The summed E-state index contributed by atoms with van der Waals surface area (Å²) in [5, 5.41) is 34.8. The van der Waals surface area contributed by atoms with Crippen molar-refractivity contribution in [3.8, 4) is 5.75 Å². The summed E-state index contributed by atoms with van der Waals surface area (Å²) in [5.74, 6) is -6.97. The van der Waals surface area contributed by atoms with E-state index in [1.54, 1.807) is 13.8 Å². The molecule has 0 aliphatic carbocycles. The number of phenolic OH excluding ortho intramolecular Hbond substituents is 1. The van der Waals surface area contributed by atoms with Crippen LogP contribution in [0.2, 0.25) is 0 Å². The third-order valence-corrected chi connectivity index (χ3v) is 5.55. The number of hydrogen-bond donors (Lipinski definition) is 8. The van der Waals surface area contributed by atoms with E-state index in [1.165, 1.54) is 24.3 Å². The zero-order chi connectivity index (χ0) is 28.3. The molecule has 1 aromatic rings. The molecule has 0 bridgehead atoms. The van der Waals surface area contributed by atoms with Crippen LogP contribution in [0.4, 0.5) is 0 Å². The summed E-state index contributed by atoms with van der Waals surface area (Å²) in [6.45, 7) is 3.36. The second kappa shape index (κ2) is 14.4. The highest BCUT2D eigenvalue weighted by atomic mass is 16.4. The quantitative estimate of drug-likeness (QED) is 0.128. The molecule has 10 N–H and O–H groups in total. The topological polar surface area (TPSA) is 251 Å². The van der Waals surface area contributed by atoms with Crippen molar-refractivity contribution < 1.29 is 44.1 Å². The Bertz CT molecular complexity index is 999. The molecule has 204 valence electrons. The minimum Gasteiger partial charge on any atom is -0.508 e. The van der Waals surface area contributed by atoms with Gasteiger partial charge in [0.05, 0.1) is 18.9 Å². The number of primary amides is 1. The molecule has 0 saturated carbocycles. The van der Waals surface area contributed by atoms with Gasteiger partial charge in [-0.2, -0.15) is 0 Å². The van der Waals surface area contributed by atoms with E-state index in [9.17, 15) is 39.0 Å². The Balaban J connectivity index is 3.05. The molecule has 1 rings (SSSR count). The van der Waals surface area contributed by atoms with Crippen LogP contribution in [0.5, 0.6) is 5.75 Å². The van der Waals surface area contributed by atoms with E-state index in [1.807, 2.05) is 0 Å². The molecule has 1 aromatic carbocycles. The summed E-state index contributed by atoms with van der Waals surface area (Å²) in [5.41, 5.74) is 11.2. The lowest BCUT2D eigenvalue weighted by molar-refractivity contribution is -0.142. The summed E-state index contributed by atoms with van der Waals surface area (Å²) in [4.78, 5) is 72.2. The lowest BCUT2D eigenvalue weighted by atomic mass is 9.96. The van der Waals surface area contributed by atoms with Gasteiger partial charge in [-0.3, -0.25) is 24.0 Å². The van der Waals surface area contributed by atoms with Crippen molar-refractivity contribution in [2.75, 3.05) is 0 Å². The van der Waals surface area contributed by atoms with Gasteiger partial charge in [-0.05, 0) is 23.6 Å². The third kappa shape index (κ3) is 10.5. The van der Waals surface area contributed by atoms with Crippen LogP contribution in [-0.2, 0) is 35.2 Å². The number of nitrogens with one attached hydrogen (secondary N) is 3. The number of carbonyl (C=O) groups excluding carboxylic acids is 4. The number of aromatic hydroxyl groups is 1. The van der Waals surface area contributed by atoms with Gasteiger partial charge in [-0.1, -0.05) is 32.4 Å². The highest BCUT2D eigenvalue weighted by molar-refractivity contribution is 5.96. The molecule has 14 nitrogen and oxygen atoms in total. The van der Waals surface area contributed by atoms with Crippen molar-refractivity contribution in [1.29, 1.82) is 0 Å². The maximum Gasteiger partial charge on any atom is 0.326 e. The van der Waals surface area contributed by atoms with Crippen LogP contribution < -0.4 is 27.4 Å². The Labute approximate surface area is 212 Å². The van der Waals surface area contributed by atoms with E-state index in [-0.39, 0.29) is 12.2 Å². The SMILES string of the molecule is CC[C@H](C)[C@H](NC(=O)[C@H](CC(N)=O)NC(=O)[C@@H](N)CC(=O)O)C(=O)N[C@@H](Cc1ccc(O)cc1)C(=O)O. The van der Waals surface area contributed by atoms with Gasteiger partial charge in [0, 0.05) is 6.42 Å². The van der Waals surface area contributed by atoms with E-state index < -0.39 is 78.5 Å². The minimum atomic E-state index is -1.56. The third-order valence-electron chi connectivity index (χ3n) is 5.55. The summed E-state index contributed by atoms with van der Waals surface area (Å²) in [6, 6.07) is 0.0492. The number of carbonyl (C=O) groups is 6. The number of benzene rings is 1. The smallest absolute Gasteiger partial charge is 0.326 e. The van der Waals surface area contributed by atoms with E-state index in [2.05, 4.69) is 16.0 Å². The maximum absolute atomic E-state index is 13.0. The number of rotatable bonds is 15. The van der Waals surface area contributed by atoms with Crippen molar-refractivity contribution in [2.24, 2.45) is 17.4 Å². The van der Waals surface area contributed by atoms with Crippen molar-refractivity contribution in [2.45, 2.75) is 63.7 Å². The molecule has 0 unspecified atom stereocenters. The fraction of sp³-hybridized carbons (Fsp3) is 0.478. The van der Waals surface area contributed by atoms with Gasteiger partial charge < -0.3 is 42.7 Å². The Kier molecular flexibility index (Phi) is 12.0. The Hall–Kier alpha value is -4.20. The van der Waals surface area contributed by atoms with Crippen LogP contribution in [-0.4, -0.2) is 75.1 Å². The average molecular weight is 524 g/mol. The van der Waals surface area contributed by atoms with Crippen LogP contribution in [0.25, 0.3) is 0 Å². The number of nitrogens with two attached hydrogens (primary N) is 2.